The molecule has 1 aliphatic heterocycles. The van der Waals surface area contributed by atoms with E-state index in [1.165, 1.54) is 6.42 Å². The summed E-state index contributed by atoms with van der Waals surface area (Å²) in [5.74, 6) is 0. The van der Waals surface area contributed by atoms with E-state index in [4.69, 9.17) is 5.11 Å². The van der Waals surface area contributed by atoms with Crippen LogP contribution in [0.2, 0.25) is 0 Å². The second kappa shape index (κ2) is 3.91. The smallest absolute Gasteiger partial charge is 0.0584 e. The van der Waals surface area contributed by atoms with Crippen LogP contribution in [0, 0.1) is 0 Å². The Morgan fingerprint density at radius 1 is 1.60 bits per heavy atom. The van der Waals surface area contributed by atoms with Crippen molar-refractivity contribution in [1.82, 2.24) is 10.6 Å². The summed E-state index contributed by atoms with van der Waals surface area (Å²) >= 11 is 0. The molecule has 1 saturated heterocycles. The van der Waals surface area contributed by atoms with Crippen molar-refractivity contribution in [2.24, 2.45) is 0 Å². The third-order valence-electron chi connectivity index (χ3n) is 2.15. The highest BCUT2D eigenvalue weighted by atomic mass is 16.3. The summed E-state index contributed by atoms with van der Waals surface area (Å²) in [6, 6.07) is 0.937. The summed E-state index contributed by atoms with van der Waals surface area (Å²) in [5.41, 5.74) is 0. The fourth-order valence-corrected chi connectivity index (χ4v) is 1.32. The number of hydrogen-bond donors (Lipinski definition) is 3. The molecule has 60 valence electrons. The lowest BCUT2D eigenvalue weighted by Crippen LogP contribution is -2.48. The van der Waals surface area contributed by atoms with E-state index in [0.29, 0.717) is 12.1 Å². The number of piperidine rings is 1. The first-order valence-electron chi connectivity index (χ1n) is 3.88. The summed E-state index contributed by atoms with van der Waals surface area (Å²) in [4.78, 5) is 0. The second-order valence-corrected chi connectivity index (χ2v) is 2.85. The number of rotatable bonds is 2. The van der Waals surface area contributed by atoms with Crippen LogP contribution in [0.15, 0.2) is 0 Å². The van der Waals surface area contributed by atoms with Crippen LogP contribution < -0.4 is 10.6 Å². The lowest BCUT2D eigenvalue weighted by Gasteiger charge is -2.28. The second-order valence-electron chi connectivity index (χ2n) is 2.85. The van der Waals surface area contributed by atoms with E-state index in [1.54, 1.807) is 0 Å². The molecule has 0 amide bonds. The molecule has 0 aliphatic carbocycles. The number of likely N-dealkylation sites (N-methyl/N-ethyl adjacent to an activating group) is 1. The molecule has 1 aliphatic rings. The van der Waals surface area contributed by atoms with Gasteiger partial charge in [-0.25, -0.2) is 0 Å². The molecule has 0 aromatic rings. The lowest BCUT2D eigenvalue weighted by atomic mass is 10.0. The van der Waals surface area contributed by atoms with Gasteiger partial charge in [0.05, 0.1) is 6.61 Å². The topological polar surface area (TPSA) is 44.3 Å². The van der Waals surface area contributed by atoms with Crippen LogP contribution in [0.4, 0.5) is 0 Å². The van der Waals surface area contributed by atoms with E-state index < -0.39 is 0 Å². The van der Waals surface area contributed by atoms with Crippen LogP contribution in [0.25, 0.3) is 0 Å². The molecule has 3 heteroatoms. The summed E-state index contributed by atoms with van der Waals surface area (Å²) in [7, 11) is 1.98. The molecule has 1 heterocycles. The molecule has 0 aromatic carbocycles. The molecule has 2 atom stereocenters. The first-order chi connectivity index (χ1) is 4.86. The molecule has 2 unspecified atom stereocenters. The molecule has 1 fully saturated rings. The van der Waals surface area contributed by atoms with Crippen molar-refractivity contribution in [2.75, 3.05) is 20.2 Å². The van der Waals surface area contributed by atoms with Gasteiger partial charge in [0.1, 0.15) is 0 Å². The Hall–Kier alpha value is -0.120. The van der Waals surface area contributed by atoms with Gasteiger partial charge in [-0.3, -0.25) is 0 Å². The molecule has 3 nitrogen and oxygen atoms in total. The van der Waals surface area contributed by atoms with Crippen LogP contribution in [0.1, 0.15) is 12.8 Å². The van der Waals surface area contributed by atoms with Gasteiger partial charge < -0.3 is 15.7 Å². The van der Waals surface area contributed by atoms with Crippen LogP contribution in [-0.2, 0) is 0 Å². The van der Waals surface area contributed by atoms with Gasteiger partial charge in [0, 0.05) is 18.6 Å². The maximum absolute atomic E-state index is 8.77. The SMILES string of the molecule is CNC1CCC(CO)NC1. The summed E-state index contributed by atoms with van der Waals surface area (Å²) < 4.78 is 0. The minimum Gasteiger partial charge on any atom is -0.395 e. The van der Waals surface area contributed by atoms with Crippen molar-refractivity contribution in [3.05, 3.63) is 0 Å². The van der Waals surface area contributed by atoms with Gasteiger partial charge in [0.25, 0.3) is 0 Å². The van der Waals surface area contributed by atoms with Crippen molar-refractivity contribution in [3.63, 3.8) is 0 Å². The molecule has 0 aromatic heterocycles. The molecular weight excluding hydrogens is 128 g/mol. The number of aliphatic hydroxyl groups is 1. The van der Waals surface area contributed by atoms with Crippen LogP contribution in [-0.4, -0.2) is 37.4 Å². The molecule has 0 bridgehead atoms. The minimum atomic E-state index is 0.274. The Balaban J connectivity index is 2.17. The van der Waals surface area contributed by atoms with E-state index in [-0.39, 0.29) is 6.61 Å². The molecule has 0 spiro atoms. The molecule has 0 radical (unpaired) electrons. The van der Waals surface area contributed by atoms with Gasteiger partial charge in [-0.15, -0.1) is 0 Å². The van der Waals surface area contributed by atoms with Gasteiger partial charge in [0.15, 0.2) is 0 Å². The molecule has 0 saturated carbocycles. The molecule has 10 heavy (non-hydrogen) atoms. The van der Waals surface area contributed by atoms with Crippen molar-refractivity contribution in [1.29, 1.82) is 0 Å². The van der Waals surface area contributed by atoms with Gasteiger partial charge in [0.2, 0.25) is 0 Å². The van der Waals surface area contributed by atoms with Crippen molar-refractivity contribution < 1.29 is 5.11 Å². The highest BCUT2D eigenvalue weighted by Crippen LogP contribution is 2.06. The quantitative estimate of drug-likeness (QED) is 0.481. The van der Waals surface area contributed by atoms with Gasteiger partial charge >= 0.3 is 0 Å². The molecular formula is C7H16N2O. The fraction of sp³-hybridized carbons (Fsp3) is 1.00. The van der Waals surface area contributed by atoms with Crippen LogP contribution in [0.3, 0.4) is 0 Å². The zero-order valence-electron chi connectivity index (χ0n) is 6.43. The predicted octanol–water partition coefficient (Wildman–Crippen LogP) is -0.681. The highest BCUT2D eigenvalue weighted by molar-refractivity contribution is 4.80. The number of aliphatic hydroxyl groups excluding tert-OH is 1. The maximum atomic E-state index is 8.77. The fourth-order valence-electron chi connectivity index (χ4n) is 1.32. The monoisotopic (exact) mass is 144 g/mol. The molecule has 3 N–H and O–H groups in total. The Morgan fingerprint density at radius 2 is 2.40 bits per heavy atom. The van der Waals surface area contributed by atoms with Crippen LogP contribution >= 0.6 is 0 Å². The van der Waals surface area contributed by atoms with E-state index in [9.17, 15) is 0 Å². The molecule has 1 rings (SSSR count). The van der Waals surface area contributed by atoms with E-state index >= 15 is 0 Å². The summed E-state index contributed by atoms with van der Waals surface area (Å²) in [6.07, 6.45) is 2.26. The standard InChI is InChI=1S/C7H16N2O/c1-8-6-2-3-7(5-10)9-4-6/h6-10H,2-5H2,1H3. The number of nitrogens with one attached hydrogen (secondary N) is 2. The van der Waals surface area contributed by atoms with Gasteiger partial charge in [-0.1, -0.05) is 0 Å². The third kappa shape index (κ3) is 1.94. The zero-order valence-corrected chi connectivity index (χ0v) is 6.43. The van der Waals surface area contributed by atoms with Crippen molar-refractivity contribution in [2.45, 2.75) is 24.9 Å². The summed E-state index contributed by atoms with van der Waals surface area (Å²) in [6.45, 7) is 1.26. The Kier molecular flexibility index (Phi) is 3.12. The number of hydrogen-bond acceptors (Lipinski definition) is 3. The van der Waals surface area contributed by atoms with Gasteiger partial charge in [-0.2, -0.15) is 0 Å². The zero-order chi connectivity index (χ0) is 7.40. The Bertz CT molecular complexity index is 77.6. The van der Waals surface area contributed by atoms with E-state index in [1.807, 2.05) is 7.05 Å². The normalized spacial score (nSPS) is 34.2. The maximum Gasteiger partial charge on any atom is 0.0584 e. The first kappa shape index (κ1) is 7.98. The van der Waals surface area contributed by atoms with Crippen molar-refractivity contribution >= 4 is 0 Å². The van der Waals surface area contributed by atoms with E-state index in [0.717, 1.165) is 13.0 Å². The van der Waals surface area contributed by atoms with Crippen LogP contribution in [0.5, 0.6) is 0 Å². The Morgan fingerprint density at radius 3 is 2.80 bits per heavy atom. The third-order valence-corrected chi connectivity index (χ3v) is 2.15. The average Bonchev–Trinajstić information content (AvgIpc) is 2.05. The minimum absolute atomic E-state index is 0.274. The predicted molar refractivity (Wildman–Crippen MR) is 41.0 cm³/mol. The van der Waals surface area contributed by atoms with Gasteiger partial charge in [-0.05, 0) is 19.9 Å². The first-order valence-corrected chi connectivity index (χ1v) is 3.88. The highest BCUT2D eigenvalue weighted by Gasteiger charge is 2.17. The van der Waals surface area contributed by atoms with E-state index in [2.05, 4.69) is 10.6 Å². The average molecular weight is 144 g/mol. The van der Waals surface area contributed by atoms with Crippen molar-refractivity contribution in [3.8, 4) is 0 Å². The summed E-state index contributed by atoms with van der Waals surface area (Å²) in [5, 5.41) is 15.2. The largest absolute Gasteiger partial charge is 0.395 e. The Labute approximate surface area is 61.8 Å². The lowest BCUT2D eigenvalue weighted by molar-refractivity contribution is 0.207.